The van der Waals surface area contributed by atoms with Gasteiger partial charge in [-0.15, -0.1) is 0 Å². The molecule has 1 N–H and O–H groups in total. The van der Waals surface area contributed by atoms with Crippen LogP contribution in [0.3, 0.4) is 0 Å². The SMILES string of the molecule is COC1CCCC1Nc1nccn2nc(C(F)(F)F)cc12. The topological polar surface area (TPSA) is 51.5 Å². The zero-order valence-corrected chi connectivity index (χ0v) is 11.4. The minimum absolute atomic E-state index is 0.0528. The summed E-state index contributed by atoms with van der Waals surface area (Å²) in [5.74, 6) is 0.398. The zero-order valence-electron chi connectivity index (χ0n) is 11.4. The Kier molecular flexibility index (Phi) is 3.48. The van der Waals surface area contributed by atoms with E-state index in [1.807, 2.05) is 0 Å². The molecule has 0 radical (unpaired) electrons. The Morgan fingerprint density at radius 3 is 2.90 bits per heavy atom. The third-order valence-corrected chi connectivity index (χ3v) is 3.76. The van der Waals surface area contributed by atoms with Crippen LogP contribution in [0.5, 0.6) is 0 Å². The third-order valence-electron chi connectivity index (χ3n) is 3.76. The highest BCUT2D eigenvalue weighted by Crippen LogP contribution is 2.31. The first-order chi connectivity index (χ1) is 9.99. The molecule has 2 aromatic rings. The van der Waals surface area contributed by atoms with Gasteiger partial charge in [-0.2, -0.15) is 18.3 Å². The number of methoxy groups -OCH3 is 1. The summed E-state index contributed by atoms with van der Waals surface area (Å²) in [6.07, 6.45) is 1.28. The molecule has 0 amide bonds. The van der Waals surface area contributed by atoms with Crippen LogP contribution in [0, 0.1) is 0 Å². The first-order valence-electron chi connectivity index (χ1n) is 6.70. The molecule has 2 atom stereocenters. The van der Waals surface area contributed by atoms with Crippen LogP contribution in [-0.4, -0.2) is 33.9 Å². The predicted molar refractivity (Wildman–Crippen MR) is 70.0 cm³/mol. The van der Waals surface area contributed by atoms with E-state index < -0.39 is 11.9 Å². The lowest BCUT2D eigenvalue weighted by atomic mass is 10.2. The molecule has 2 heterocycles. The molecule has 3 rings (SSSR count). The molecule has 1 saturated carbocycles. The number of ether oxygens (including phenoxy) is 1. The average molecular weight is 300 g/mol. The number of hydrogen-bond donors (Lipinski definition) is 1. The van der Waals surface area contributed by atoms with Crippen LogP contribution < -0.4 is 5.32 Å². The molecule has 8 heteroatoms. The highest BCUT2D eigenvalue weighted by atomic mass is 19.4. The van der Waals surface area contributed by atoms with Gasteiger partial charge in [0.2, 0.25) is 0 Å². The average Bonchev–Trinajstić information content (AvgIpc) is 3.04. The standard InChI is InChI=1S/C13H15F3N4O/c1-21-10-4-2-3-8(10)18-12-9-7-11(13(14,15)16)19-20(9)6-5-17-12/h5-8,10H,2-4H2,1H3,(H,17,18). The Hall–Kier alpha value is -1.83. The normalized spacial score (nSPS) is 22.9. The van der Waals surface area contributed by atoms with Gasteiger partial charge >= 0.3 is 6.18 Å². The molecule has 0 aromatic carbocycles. The molecule has 21 heavy (non-hydrogen) atoms. The molecule has 2 aromatic heterocycles. The van der Waals surface area contributed by atoms with Crippen LogP contribution in [0.15, 0.2) is 18.5 Å². The first-order valence-corrected chi connectivity index (χ1v) is 6.70. The van der Waals surface area contributed by atoms with E-state index in [1.165, 1.54) is 16.9 Å². The van der Waals surface area contributed by atoms with Crippen molar-refractivity contribution < 1.29 is 17.9 Å². The van der Waals surface area contributed by atoms with Gasteiger partial charge in [-0.3, -0.25) is 0 Å². The van der Waals surface area contributed by atoms with Crippen molar-refractivity contribution >= 4 is 11.3 Å². The predicted octanol–water partition coefficient (Wildman–Crippen LogP) is 2.73. The maximum absolute atomic E-state index is 12.7. The molecule has 2 unspecified atom stereocenters. The molecular weight excluding hydrogens is 285 g/mol. The van der Waals surface area contributed by atoms with Crippen LogP contribution >= 0.6 is 0 Å². The molecule has 1 aliphatic rings. The van der Waals surface area contributed by atoms with E-state index in [0.717, 1.165) is 25.3 Å². The second-order valence-corrected chi connectivity index (χ2v) is 5.09. The number of fused-ring (bicyclic) bond motifs is 1. The van der Waals surface area contributed by atoms with Crippen molar-refractivity contribution in [1.82, 2.24) is 14.6 Å². The smallest absolute Gasteiger partial charge is 0.379 e. The second-order valence-electron chi connectivity index (χ2n) is 5.09. The number of nitrogens with one attached hydrogen (secondary N) is 1. The minimum atomic E-state index is -4.47. The fraction of sp³-hybridized carbons (Fsp3) is 0.538. The number of anilines is 1. The van der Waals surface area contributed by atoms with Crippen molar-refractivity contribution in [1.29, 1.82) is 0 Å². The molecule has 1 aliphatic carbocycles. The summed E-state index contributed by atoms with van der Waals surface area (Å²) in [7, 11) is 1.64. The fourth-order valence-corrected chi connectivity index (χ4v) is 2.72. The maximum atomic E-state index is 12.7. The van der Waals surface area contributed by atoms with Gasteiger partial charge in [0.25, 0.3) is 0 Å². The number of halogens is 3. The fourth-order valence-electron chi connectivity index (χ4n) is 2.72. The Morgan fingerprint density at radius 2 is 2.19 bits per heavy atom. The number of hydrogen-bond acceptors (Lipinski definition) is 4. The van der Waals surface area contributed by atoms with Crippen molar-refractivity contribution in [2.45, 2.75) is 37.6 Å². The molecule has 5 nitrogen and oxygen atoms in total. The van der Waals surface area contributed by atoms with E-state index >= 15 is 0 Å². The van der Waals surface area contributed by atoms with E-state index in [2.05, 4.69) is 15.4 Å². The van der Waals surface area contributed by atoms with Crippen LogP contribution in [-0.2, 0) is 10.9 Å². The Labute approximate surface area is 119 Å². The Morgan fingerprint density at radius 1 is 1.38 bits per heavy atom. The summed E-state index contributed by atoms with van der Waals surface area (Å²) in [4.78, 5) is 4.14. The lowest BCUT2D eigenvalue weighted by Gasteiger charge is -2.20. The Bertz CT molecular complexity index is 640. The summed E-state index contributed by atoms with van der Waals surface area (Å²) in [5.41, 5.74) is -0.611. The van der Waals surface area contributed by atoms with Gasteiger partial charge in [0.05, 0.1) is 12.1 Å². The molecule has 0 bridgehead atoms. The van der Waals surface area contributed by atoms with Crippen molar-refractivity contribution in [2.75, 3.05) is 12.4 Å². The summed E-state index contributed by atoms with van der Waals surface area (Å²) in [6.45, 7) is 0. The van der Waals surface area contributed by atoms with Gasteiger partial charge in [0, 0.05) is 25.6 Å². The number of rotatable bonds is 3. The van der Waals surface area contributed by atoms with Crippen LogP contribution in [0.2, 0.25) is 0 Å². The maximum Gasteiger partial charge on any atom is 0.435 e. The molecule has 0 spiro atoms. The highest BCUT2D eigenvalue weighted by molar-refractivity contribution is 5.68. The first kappa shape index (κ1) is 14.1. The van der Waals surface area contributed by atoms with Gasteiger partial charge in [-0.05, 0) is 19.3 Å². The van der Waals surface area contributed by atoms with Crippen molar-refractivity contribution in [3.63, 3.8) is 0 Å². The number of alkyl halides is 3. The highest BCUT2D eigenvalue weighted by Gasteiger charge is 2.35. The van der Waals surface area contributed by atoms with E-state index in [4.69, 9.17) is 4.74 Å². The Balaban J connectivity index is 1.93. The number of aromatic nitrogens is 3. The second kappa shape index (κ2) is 5.18. The van der Waals surface area contributed by atoms with Gasteiger partial charge in [-0.25, -0.2) is 9.50 Å². The number of nitrogens with zero attached hydrogens (tertiary/aromatic N) is 3. The molecule has 1 fully saturated rings. The molecule has 114 valence electrons. The summed E-state index contributed by atoms with van der Waals surface area (Å²) < 4.78 is 44.8. The van der Waals surface area contributed by atoms with Crippen molar-refractivity contribution in [3.05, 3.63) is 24.2 Å². The molecule has 0 aliphatic heterocycles. The van der Waals surface area contributed by atoms with Gasteiger partial charge in [0.15, 0.2) is 11.5 Å². The summed E-state index contributed by atoms with van der Waals surface area (Å²) in [5, 5.41) is 6.72. The van der Waals surface area contributed by atoms with E-state index in [9.17, 15) is 13.2 Å². The van der Waals surface area contributed by atoms with Gasteiger partial charge in [-0.1, -0.05) is 0 Å². The van der Waals surface area contributed by atoms with Crippen LogP contribution in [0.4, 0.5) is 19.0 Å². The summed E-state index contributed by atoms with van der Waals surface area (Å²) in [6, 6.07) is 1.06. The van der Waals surface area contributed by atoms with E-state index in [1.54, 1.807) is 7.11 Å². The largest absolute Gasteiger partial charge is 0.435 e. The van der Waals surface area contributed by atoms with Crippen molar-refractivity contribution in [2.24, 2.45) is 0 Å². The lowest BCUT2D eigenvalue weighted by molar-refractivity contribution is -0.141. The lowest BCUT2D eigenvalue weighted by Crippen LogP contribution is -2.30. The van der Waals surface area contributed by atoms with Crippen LogP contribution in [0.1, 0.15) is 25.0 Å². The quantitative estimate of drug-likeness (QED) is 0.947. The zero-order chi connectivity index (χ0) is 15.0. The van der Waals surface area contributed by atoms with Gasteiger partial charge in [0.1, 0.15) is 5.52 Å². The summed E-state index contributed by atoms with van der Waals surface area (Å²) >= 11 is 0. The van der Waals surface area contributed by atoms with E-state index in [0.29, 0.717) is 11.3 Å². The minimum Gasteiger partial charge on any atom is -0.379 e. The van der Waals surface area contributed by atoms with E-state index in [-0.39, 0.29) is 12.1 Å². The molecular formula is C13H15F3N4O. The molecule has 0 saturated heterocycles. The van der Waals surface area contributed by atoms with Crippen molar-refractivity contribution in [3.8, 4) is 0 Å². The van der Waals surface area contributed by atoms with Gasteiger partial charge < -0.3 is 10.1 Å². The third kappa shape index (κ3) is 2.67. The monoisotopic (exact) mass is 300 g/mol. The van der Waals surface area contributed by atoms with Crippen LogP contribution in [0.25, 0.3) is 5.52 Å².